The van der Waals surface area contributed by atoms with Gasteiger partial charge in [-0.2, -0.15) is 0 Å². The zero-order valence-corrected chi connectivity index (χ0v) is 10.6. The molecular weight excluding hydrogens is 218 g/mol. The fourth-order valence-electron chi connectivity index (χ4n) is 1.81. The predicted octanol–water partition coefficient (Wildman–Crippen LogP) is 2.48. The molecule has 0 aliphatic heterocycles. The van der Waals surface area contributed by atoms with Gasteiger partial charge in [-0.25, -0.2) is 0 Å². The summed E-state index contributed by atoms with van der Waals surface area (Å²) in [5.74, 6) is 0. The lowest BCUT2D eigenvalue weighted by molar-refractivity contribution is -0.384. The number of nitrogens with one attached hydrogen (secondary N) is 1. The Hall–Kier alpha value is -1.62. The molecule has 1 N–H and O–H groups in total. The molecule has 17 heavy (non-hydrogen) atoms. The summed E-state index contributed by atoms with van der Waals surface area (Å²) in [5.41, 5.74) is 1.77. The van der Waals surface area contributed by atoms with Crippen molar-refractivity contribution in [3.05, 3.63) is 33.9 Å². The Morgan fingerprint density at radius 1 is 1.47 bits per heavy atom. The second-order valence-corrected chi connectivity index (χ2v) is 4.10. The van der Waals surface area contributed by atoms with Crippen LogP contribution in [0.15, 0.2) is 18.2 Å². The first-order chi connectivity index (χ1) is 8.08. The Balaban J connectivity index is 2.86. The first-order valence-corrected chi connectivity index (χ1v) is 5.72. The summed E-state index contributed by atoms with van der Waals surface area (Å²) in [7, 11) is 3.74. The van der Waals surface area contributed by atoms with E-state index in [9.17, 15) is 10.1 Å². The largest absolute Gasteiger partial charge is 0.383 e. The highest BCUT2D eigenvalue weighted by atomic mass is 16.6. The Kier molecular flexibility index (Phi) is 4.90. The van der Waals surface area contributed by atoms with E-state index in [1.807, 2.05) is 19.2 Å². The average molecular weight is 237 g/mol. The highest BCUT2D eigenvalue weighted by Crippen LogP contribution is 2.25. The van der Waals surface area contributed by atoms with Crippen LogP contribution in [0.2, 0.25) is 0 Å². The molecule has 0 aliphatic rings. The number of nitro groups is 1. The number of hydrogen-bond donors (Lipinski definition) is 1. The van der Waals surface area contributed by atoms with Gasteiger partial charge in [0.15, 0.2) is 0 Å². The zero-order chi connectivity index (χ0) is 12.8. The van der Waals surface area contributed by atoms with E-state index in [4.69, 9.17) is 0 Å². The molecule has 0 saturated heterocycles. The van der Waals surface area contributed by atoms with Crippen LogP contribution in [0.3, 0.4) is 0 Å². The van der Waals surface area contributed by atoms with E-state index in [1.54, 1.807) is 13.1 Å². The van der Waals surface area contributed by atoms with Crippen molar-refractivity contribution >= 4 is 11.4 Å². The second kappa shape index (κ2) is 6.20. The van der Waals surface area contributed by atoms with E-state index in [2.05, 4.69) is 17.1 Å². The first-order valence-electron chi connectivity index (χ1n) is 5.72. The number of hydrogen-bond acceptors (Lipinski definition) is 4. The SMILES string of the molecule is CCCN(C)Cc1ccc([N+](=O)[O-])c(NC)c1. The first kappa shape index (κ1) is 13.4. The molecule has 0 saturated carbocycles. The Morgan fingerprint density at radius 2 is 2.18 bits per heavy atom. The van der Waals surface area contributed by atoms with Crippen molar-refractivity contribution in [1.29, 1.82) is 0 Å². The van der Waals surface area contributed by atoms with Crippen LogP contribution in [0.5, 0.6) is 0 Å². The summed E-state index contributed by atoms with van der Waals surface area (Å²) in [5, 5.41) is 13.6. The number of rotatable bonds is 6. The van der Waals surface area contributed by atoms with Crippen molar-refractivity contribution in [1.82, 2.24) is 4.90 Å². The van der Waals surface area contributed by atoms with E-state index in [1.165, 1.54) is 0 Å². The smallest absolute Gasteiger partial charge is 0.292 e. The minimum Gasteiger partial charge on any atom is -0.383 e. The van der Waals surface area contributed by atoms with E-state index >= 15 is 0 Å². The average Bonchev–Trinajstić information content (AvgIpc) is 2.28. The van der Waals surface area contributed by atoms with Gasteiger partial charge in [0.25, 0.3) is 5.69 Å². The van der Waals surface area contributed by atoms with E-state index in [0.29, 0.717) is 5.69 Å². The van der Waals surface area contributed by atoms with Crippen LogP contribution in [0, 0.1) is 10.1 Å². The van der Waals surface area contributed by atoms with Crippen LogP contribution in [-0.4, -0.2) is 30.5 Å². The molecule has 0 heterocycles. The summed E-state index contributed by atoms with van der Waals surface area (Å²) in [6.45, 7) is 3.96. The minimum atomic E-state index is -0.370. The predicted molar refractivity (Wildman–Crippen MR) is 69.3 cm³/mol. The van der Waals surface area contributed by atoms with Crippen molar-refractivity contribution in [2.75, 3.05) is 26.0 Å². The number of benzene rings is 1. The maximum Gasteiger partial charge on any atom is 0.292 e. The van der Waals surface area contributed by atoms with Gasteiger partial charge in [-0.15, -0.1) is 0 Å². The lowest BCUT2D eigenvalue weighted by Gasteiger charge is -2.16. The molecule has 0 spiro atoms. The topological polar surface area (TPSA) is 58.4 Å². The van der Waals surface area contributed by atoms with Gasteiger partial charge in [0, 0.05) is 19.7 Å². The molecule has 0 unspecified atom stereocenters. The van der Waals surface area contributed by atoms with Crippen LogP contribution in [0.25, 0.3) is 0 Å². The third-order valence-corrected chi connectivity index (χ3v) is 2.58. The van der Waals surface area contributed by atoms with Crippen LogP contribution >= 0.6 is 0 Å². The van der Waals surface area contributed by atoms with Crippen molar-refractivity contribution < 1.29 is 4.92 Å². The molecule has 5 heteroatoms. The van der Waals surface area contributed by atoms with Gasteiger partial charge in [0.05, 0.1) is 4.92 Å². The van der Waals surface area contributed by atoms with Crippen LogP contribution in [-0.2, 0) is 6.54 Å². The van der Waals surface area contributed by atoms with Gasteiger partial charge in [-0.1, -0.05) is 13.0 Å². The van der Waals surface area contributed by atoms with Gasteiger partial charge in [-0.3, -0.25) is 10.1 Å². The summed E-state index contributed by atoms with van der Waals surface area (Å²) in [6, 6.07) is 5.20. The normalized spacial score (nSPS) is 10.6. The summed E-state index contributed by atoms with van der Waals surface area (Å²) < 4.78 is 0. The summed E-state index contributed by atoms with van der Waals surface area (Å²) in [4.78, 5) is 12.6. The maximum atomic E-state index is 10.8. The van der Waals surface area contributed by atoms with Crippen LogP contribution in [0.1, 0.15) is 18.9 Å². The fraction of sp³-hybridized carbons (Fsp3) is 0.500. The van der Waals surface area contributed by atoms with Gasteiger partial charge >= 0.3 is 0 Å². The molecule has 0 amide bonds. The standard InChI is InChI=1S/C12H19N3O2/c1-4-7-14(3)9-10-5-6-12(15(16)17)11(8-10)13-2/h5-6,8,13H,4,7,9H2,1-3H3. The molecule has 0 radical (unpaired) electrons. The van der Waals surface area contributed by atoms with Crippen molar-refractivity contribution in [3.8, 4) is 0 Å². The van der Waals surface area contributed by atoms with Crippen molar-refractivity contribution in [3.63, 3.8) is 0 Å². The number of nitrogens with zero attached hydrogens (tertiary/aromatic N) is 2. The van der Waals surface area contributed by atoms with E-state index in [-0.39, 0.29) is 10.6 Å². The van der Waals surface area contributed by atoms with Gasteiger partial charge in [0.2, 0.25) is 0 Å². The van der Waals surface area contributed by atoms with Gasteiger partial charge < -0.3 is 10.2 Å². The lowest BCUT2D eigenvalue weighted by Crippen LogP contribution is -2.18. The molecule has 1 aromatic rings. The Bertz CT molecular complexity index is 393. The highest BCUT2D eigenvalue weighted by Gasteiger charge is 2.13. The molecule has 5 nitrogen and oxygen atoms in total. The molecule has 0 aliphatic carbocycles. The molecular formula is C12H19N3O2. The molecule has 0 fully saturated rings. The van der Waals surface area contributed by atoms with Gasteiger partial charge in [0.1, 0.15) is 5.69 Å². The number of anilines is 1. The summed E-state index contributed by atoms with van der Waals surface area (Å²) in [6.07, 6.45) is 1.10. The monoisotopic (exact) mass is 237 g/mol. The second-order valence-electron chi connectivity index (χ2n) is 4.10. The van der Waals surface area contributed by atoms with Crippen molar-refractivity contribution in [2.45, 2.75) is 19.9 Å². The maximum absolute atomic E-state index is 10.8. The minimum absolute atomic E-state index is 0.120. The van der Waals surface area contributed by atoms with E-state index in [0.717, 1.165) is 25.1 Å². The molecule has 1 rings (SSSR count). The van der Waals surface area contributed by atoms with Crippen LogP contribution < -0.4 is 5.32 Å². The van der Waals surface area contributed by atoms with Crippen molar-refractivity contribution in [2.24, 2.45) is 0 Å². The number of nitro benzene ring substituents is 1. The molecule has 94 valence electrons. The molecule has 0 bridgehead atoms. The summed E-state index contributed by atoms with van der Waals surface area (Å²) >= 11 is 0. The fourth-order valence-corrected chi connectivity index (χ4v) is 1.81. The van der Waals surface area contributed by atoms with Crippen LogP contribution in [0.4, 0.5) is 11.4 Å². The lowest BCUT2D eigenvalue weighted by atomic mass is 10.1. The third-order valence-electron chi connectivity index (χ3n) is 2.58. The van der Waals surface area contributed by atoms with E-state index < -0.39 is 0 Å². The third kappa shape index (κ3) is 3.71. The Morgan fingerprint density at radius 3 is 2.71 bits per heavy atom. The molecule has 0 aromatic heterocycles. The quantitative estimate of drug-likeness (QED) is 0.610. The Labute approximate surface area is 102 Å². The molecule has 1 aromatic carbocycles. The van der Waals surface area contributed by atoms with Gasteiger partial charge in [-0.05, 0) is 31.6 Å². The zero-order valence-electron chi connectivity index (χ0n) is 10.6. The molecule has 0 atom stereocenters. The highest BCUT2D eigenvalue weighted by molar-refractivity contribution is 5.62.